The van der Waals surface area contributed by atoms with Crippen molar-refractivity contribution < 1.29 is 4.74 Å². The van der Waals surface area contributed by atoms with Crippen LogP contribution in [-0.4, -0.2) is 71.2 Å². The topological polar surface area (TPSA) is 91.3 Å². The lowest BCUT2D eigenvalue weighted by Gasteiger charge is -2.29. The van der Waals surface area contributed by atoms with E-state index in [1.807, 2.05) is 31.5 Å². The number of nitrogens with one attached hydrogen (secondary N) is 2. The van der Waals surface area contributed by atoms with Gasteiger partial charge in [0.2, 0.25) is 5.95 Å². The van der Waals surface area contributed by atoms with Gasteiger partial charge in [0, 0.05) is 70.7 Å². The molecule has 9 nitrogen and oxygen atoms in total. The minimum absolute atomic E-state index is 0.0883. The Morgan fingerprint density at radius 3 is 2.59 bits per heavy atom. The average Bonchev–Trinajstić information content (AvgIpc) is 2.90. The normalized spacial score (nSPS) is 18.2. The fourth-order valence-electron chi connectivity index (χ4n) is 4.59. The van der Waals surface area contributed by atoms with Crippen LogP contribution in [0.15, 0.2) is 30.6 Å². The van der Waals surface area contributed by atoms with E-state index in [0.717, 1.165) is 74.0 Å². The van der Waals surface area contributed by atoms with Crippen LogP contribution in [0, 0.1) is 0 Å². The Balaban J connectivity index is 1.38. The molecule has 0 bridgehead atoms. The largest absolute Gasteiger partial charge is 0.375 e. The Bertz CT molecular complexity index is 1090. The standard InChI is InChI=1S/C25H34N8O/c1-18(34-2)21-14-20-16-28-25(31-23(20)24(29-21)33-10-4-3-5-11-33)30-22-7-6-19(15-27-22)17-32-12-8-26-9-13-32/h6-7,14-16,18,26H,3-5,8-13,17H2,1-2H3,(H,27,28,30,31). The molecule has 0 amide bonds. The van der Waals surface area contributed by atoms with E-state index in [9.17, 15) is 0 Å². The molecule has 0 aromatic carbocycles. The first-order valence-corrected chi connectivity index (χ1v) is 12.3. The van der Waals surface area contributed by atoms with Crippen LogP contribution in [0.4, 0.5) is 17.6 Å². The SMILES string of the molecule is COC(C)c1cc2cnc(Nc3ccc(CN4CCNCC4)cn3)nc2c(N2CCCCC2)n1. The molecule has 180 valence electrons. The second-order valence-corrected chi connectivity index (χ2v) is 9.13. The van der Waals surface area contributed by atoms with Crippen molar-refractivity contribution in [3.63, 3.8) is 0 Å². The summed E-state index contributed by atoms with van der Waals surface area (Å²) in [6.07, 6.45) is 7.33. The molecule has 1 unspecified atom stereocenters. The monoisotopic (exact) mass is 462 g/mol. The van der Waals surface area contributed by atoms with E-state index in [-0.39, 0.29) is 6.10 Å². The number of ether oxygens (including phenoxy) is 1. The van der Waals surface area contributed by atoms with Crippen molar-refractivity contribution in [3.8, 4) is 0 Å². The number of fused-ring (bicyclic) bond motifs is 1. The fraction of sp³-hybridized carbons (Fsp3) is 0.520. The number of rotatable bonds is 7. The Hall–Kier alpha value is -2.88. The molecule has 3 aromatic heterocycles. The molecule has 0 aliphatic carbocycles. The van der Waals surface area contributed by atoms with Gasteiger partial charge in [-0.05, 0) is 43.9 Å². The van der Waals surface area contributed by atoms with E-state index >= 15 is 0 Å². The van der Waals surface area contributed by atoms with Gasteiger partial charge in [0.05, 0.1) is 11.8 Å². The zero-order chi connectivity index (χ0) is 23.3. The molecule has 0 saturated carbocycles. The van der Waals surface area contributed by atoms with Crippen molar-refractivity contribution in [1.29, 1.82) is 0 Å². The van der Waals surface area contributed by atoms with Crippen LogP contribution in [0.1, 0.15) is 43.5 Å². The highest BCUT2D eigenvalue weighted by molar-refractivity contribution is 5.89. The number of nitrogens with zero attached hydrogens (tertiary/aromatic N) is 6. The van der Waals surface area contributed by atoms with Gasteiger partial charge in [-0.25, -0.2) is 19.9 Å². The minimum Gasteiger partial charge on any atom is -0.375 e. The first-order valence-electron chi connectivity index (χ1n) is 12.3. The van der Waals surface area contributed by atoms with E-state index in [4.69, 9.17) is 14.7 Å². The summed E-state index contributed by atoms with van der Waals surface area (Å²) in [5.74, 6) is 2.18. The summed E-state index contributed by atoms with van der Waals surface area (Å²) >= 11 is 0. The molecule has 34 heavy (non-hydrogen) atoms. The smallest absolute Gasteiger partial charge is 0.229 e. The predicted molar refractivity (Wildman–Crippen MR) is 134 cm³/mol. The maximum atomic E-state index is 5.54. The van der Waals surface area contributed by atoms with E-state index in [0.29, 0.717) is 5.95 Å². The van der Waals surface area contributed by atoms with E-state index in [2.05, 4.69) is 36.5 Å². The zero-order valence-electron chi connectivity index (χ0n) is 20.1. The van der Waals surface area contributed by atoms with Crippen molar-refractivity contribution >= 4 is 28.5 Å². The third-order valence-electron chi connectivity index (χ3n) is 6.67. The van der Waals surface area contributed by atoms with Gasteiger partial charge in [-0.15, -0.1) is 0 Å². The predicted octanol–water partition coefficient (Wildman–Crippen LogP) is 3.27. The van der Waals surface area contributed by atoms with Crippen LogP contribution in [0.25, 0.3) is 10.9 Å². The Morgan fingerprint density at radius 2 is 1.85 bits per heavy atom. The maximum Gasteiger partial charge on any atom is 0.229 e. The number of hydrogen-bond donors (Lipinski definition) is 2. The number of methoxy groups -OCH3 is 1. The highest BCUT2D eigenvalue weighted by Gasteiger charge is 2.20. The van der Waals surface area contributed by atoms with Gasteiger partial charge in [-0.2, -0.15) is 0 Å². The summed E-state index contributed by atoms with van der Waals surface area (Å²) in [5, 5.41) is 7.64. The molecule has 2 saturated heterocycles. The van der Waals surface area contributed by atoms with Crippen LogP contribution in [0.5, 0.6) is 0 Å². The second-order valence-electron chi connectivity index (χ2n) is 9.13. The molecular weight excluding hydrogens is 428 g/mol. The zero-order valence-corrected chi connectivity index (χ0v) is 20.1. The minimum atomic E-state index is -0.0883. The van der Waals surface area contributed by atoms with Gasteiger partial charge in [0.25, 0.3) is 0 Å². The second kappa shape index (κ2) is 10.6. The molecule has 0 spiro atoms. The molecule has 2 aliphatic heterocycles. The van der Waals surface area contributed by atoms with Crippen molar-refractivity contribution in [3.05, 3.63) is 41.9 Å². The first kappa shape index (κ1) is 22.9. The lowest BCUT2D eigenvalue weighted by molar-refractivity contribution is 0.116. The van der Waals surface area contributed by atoms with Crippen molar-refractivity contribution in [2.45, 2.75) is 38.8 Å². The number of hydrogen-bond acceptors (Lipinski definition) is 9. The Morgan fingerprint density at radius 1 is 1.03 bits per heavy atom. The summed E-state index contributed by atoms with van der Waals surface area (Å²) in [6.45, 7) is 9.17. The van der Waals surface area contributed by atoms with Gasteiger partial charge in [0.1, 0.15) is 11.3 Å². The van der Waals surface area contributed by atoms with Gasteiger partial charge in [-0.1, -0.05) is 6.07 Å². The van der Waals surface area contributed by atoms with Crippen molar-refractivity contribution in [2.75, 3.05) is 56.6 Å². The molecule has 3 aromatic rings. The molecule has 1 atom stereocenters. The van der Waals surface area contributed by atoms with Gasteiger partial charge in [0.15, 0.2) is 5.82 Å². The molecule has 9 heteroatoms. The summed E-state index contributed by atoms with van der Waals surface area (Å²) in [6, 6.07) is 6.15. The summed E-state index contributed by atoms with van der Waals surface area (Å²) in [5.41, 5.74) is 2.98. The molecule has 0 radical (unpaired) electrons. The third-order valence-corrected chi connectivity index (χ3v) is 6.67. The third kappa shape index (κ3) is 5.27. The van der Waals surface area contributed by atoms with Gasteiger partial charge >= 0.3 is 0 Å². The van der Waals surface area contributed by atoms with Crippen LogP contribution in [-0.2, 0) is 11.3 Å². The fourth-order valence-corrected chi connectivity index (χ4v) is 4.59. The molecule has 5 rings (SSSR count). The quantitative estimate of drug-likeness (QED) is 0.549. The average molecular weight is 463 g/mol. The molecule has 2 aliphatic rings. The first-order chi connectivity index (χ1) is 16.7. The van der Waals surface area contributed by atoms with E-state index in [1.165, 1.54) is 24.8 Å². The number of pyridine rings is 2. The number of anilines is 3. The summed E-state index contributed by atoms with van der Waals surface area (Å²) < 4.78 is 5.54. The highest BCUT2D eigenvalue weighted by atomic mass is 16.5. The van der Waals surface area contributed by atoms with Crippen LogP contribution >= 0.6 is 0 Å². The Kier molecular flexibility index (Phi) is 7.13. The summed E-state index contributed by atoms with van der Waals surface area (Å²) in [7, 11) is 1.71. The van der Waals surface area contributed by atoms with E-state index < -0.39 is 0 Å². The van der Waals surface area contributed by atoms with Crippen LogP contribution in [0.2, 0.25) is 0 Å². The van der Waals surface area contributed by atoms with Gasteiger partial charge < -0.3 is 20.3 Å². The molecule has 5 heterocycles. The van der Waals surface area contributed by atoms with Crippen LogP contribution < -0.4 is 15.5 Å². The molecular formula is C25H34N8O. The van der Waals surface area contributed by atoms with Crippen molar-refractivity contribution in [1.82, 2.24) is 30.2 Å². The van der Waals surface area contributed by atoms with Gasteiger partial charge in [-0.3, -0.25) is 4.90 Å². The maximum absolute atomic E-state index is 5.54. The number of piperazine rings is 1. The highest BCUT2D eigenvalue weighted by Crippen LogP contribution is 2.30. The number of piperidine rings is 1. The van der Waals surface area contributed by atoms with Crippen molar-refractivity contribution in [2.24, 2.45) is 0 Å². The summed E-state index contributed by atoms with van der Waals surface area (Å²) in [4.78, 5) is 23.8. The number of aromatic nitrogens is 4. The van der Waals surface area contributed by atoms with E-state index in [1.54, 1.807) is 7.11 Å². The lowest BCUT2D eigenvalue weighted by atomic mass is 10.1. The lowest BCUT2D eigenvalue weighted by Crippen LogP contribution is -2.42. The molecule has 2 fully saturated rings. The Labute approximate surface area is 201 Å². The van der Waals surface area contributed by atoms with Crippen LogP contribution in [0.3, 0.4) is 0 Å². The molecule has 2 N–H and O–H groups in total.